The number of rotatable bonds is 3. The van der Waals surface area contributed by atoms with Gasteiger partial charge in [-0.25, -0.2) is 0 Å². The Labute approximate surface area is 122 Å². The van der Waals surface area contributed by atoms with E-state index in [0.29, 0.717) is 6.54 Å². The van der Waals surface area contributed by atoms with Crippen molar-refractivity contribution in [3.05, 3.63) is 35.2 Å². The number of fused-ring (bicyclic) bond motifs is 1. The summed E-state index contributed by atoms with van der Waals surface area (Å²) in [5.74, 6) is 0.0674. The minimum absolute atomic E-state index is 0. The van der Waals surface area contributed by atoms with Gasteiger partial charge in [-0.1, -0.05) is 18.2 Å². The summed E-state index contributed by atoms with van der Waals surface area (Å²) in [6.07, 6.45) is 1.64. The molecule has 1 saturated carbocycles. The summed E-state index contributed by atoms with van der Waals surface area (Å²) in [5.41, 5.74) is 6.58. The molecule has 2 N–H and O–H groups in total. The third kappa shape index (κ3) is 2.61. The Kier molecular flexibility index (Phi) is 3.85. The molecule has 3 rings (SSSR count). The van der Waals surface area contributed by atoms with Gasteiger partial charge < -0.3 is 10.6 Å². The van der Waals surface area contributed by atoms with Crippen LogP contribution in [0.2, 0.25) is 0 Å². The summed E-state index contributed by atoms with van der Waals surface area (Å²) in [4.78, 5) is 13.8. The highest BCUT2D eigenvalue weighted by atomic mass is 35.5. The van der Waals surface area contributed by atoms with E-state index in [2.05, 4.69) is 17.5 Å². The molecule has 0 bridgehead atoms. The Morgan fingerprint density at radius 1 is 1.42 bits per heavy atom. The minimum Gasteiger partial charge on any atom is -0.340 e. The van der Waals surface area contributed by atoms with Gasteiger partial charge in [-0.05, 0) is 35.2 Å². The smallest absolute Gasteiger partial charge is 0.242 e. The van der Waals surface area contributed by atoms with Gasteiger partial charge in [0.1, 0.15) is 0 Å². The van der Waals surface area contributed by atoms with Crippen molar-refractivity contribution in [2.45, 2.75) is 24.9 Å². The van der Waals surface area contributed by atoms with Crippen LogP contribution in [0, 0.1) is 0 Å². The lowest BCUT2D eigenvalue weighted by atomic mass is 10.1. The van der Waals surface area contributed by atoms with Gasteiger partial charge in [-0.2, -0.15) is 0 Å². The summed E-state index contributed by atoms with van der Waals surface area (Å²) in [5, 5.41) is 3.37. The highest BCUT2D eigenvalue weighted by molar-refractivity contribution is 7.17. The number of likely N-dealkylation sites (N-methyl/N-ethyl adjacent to an activating group) is 1. The summed E-state index contributed by atoms with van der Waals surface area (Å²) < 4.78 is 1.27. The molecule has 1 heterocycles. The van der Waals surface area contributed by atoms with Crippen LogP contribution >= 0.6 is 23.7 Å². The second kappa shape index (κ2) is 5.12. The fraction of sp³-hybridized carbons (Fsp3) is 0.357. The van der Waals surface area contributed by atoms with Gasteiger partial charge in [-0.15, -0.1) is 23.7 Å². The molecular weight excluding hydrogens is 280 g/mol. The van der Waals surface area contributed by atoms with Crippen molar-refractivity contribution in [2.24, 2.45) is 5.73 Å². The predicted octanol–water partition coefficient (Wildman–Crippen LogP) is 2.77. The van der Waals surface area contributed by atoms with Crippen LogP contribution in [-0.2, 0) is 11.3 Å². The van der Waals surface area contributed by atoms with E-state index in [9.17, 15) is 4.79 Å². The van der Waals surface area contributed by atoms with Crippen LogP contribution in [0.3, 0.4) is 0 Å². The van der Waals surface area contributed by atoms with Crippen LogP contribution in [0.5, 0.6) is 0 Å². The summed E-state index contributed by atoms with van der Waals surface area (Å²) in [7, 11) is 1.84. The minimum atomic E-state index is -0.569. The van der Waals surface area contributed by atoms with Gasteiger partial charge in [0.05, 0.1) is 5.54 Å². The molecule has 1 aliphatic carbocycles. The maximum absolute atomic E-state index is 12.1. The first-order valence-electron chi connectivity index (χ1n) is 6.10. The maximum atomic E-state index is 12.1. The lowest BCUT2D eigenvalue weighted by molar-refractivity contribution is -0.132. The number of thiophene rings is 1. The molecule has 3 nitrogen and oxygen atoms in total. The van der Waals surface area contributed by atoms with Crippen LogP contribution in [0.1, 0.15) is 18.4 Å². The number of carbonyl (C=O) groups excluding carboxylic acids is 1. The van der Waals surface area contributed by atoms with Crippen molar-refractivity contribution in [3.63, 3.8) is 0 Å². The number of amides is 1. The molecule has 0 unspecified atom stereocenters. The zero-order valence-electron chi connectivity index (χ0n) is 10.8. The maximum Gasteiger partial charge on any atom is 0.242 e. The Bertz CT molecular complexity index is 606. The Hall–Kier alpha value is -1.10. The fourth-order valence-corrected chi connectivity index (χ4v) is 3.17. The second-order valence-electron chi connectivity index (χ2n) is 5.07. The molecule has 0 spiro atoms. The molecule has 0 aliphatic heterocycles. The van der Waals surface area contributed by atoms with Crippen molar-refractivity contribution >= 4 is 39.7 Å². The molecule has 19 heavy (non-hydrogen) atoms. The SMILES string of the molecule is CN(Cc1csc2ccccc12)C(=O)C1(N)CC1.Cl. The van der Waals surface area contributed by atoms with E-state index in [-0.39, 0.29) is 18.3 Å². The Morgan fingerprint density at radius 3 is 2.79 bits per heavy atom. The normalized spacial score (nSPS) is 15.9. The zero-order valence-corrected chi connectivity index (χ0v) is 12.4. The number of halogens is 1. The number of benzene rings is 1. The summed E-state index contributed by atoms with van der Waals surface area (Å²) in [6.45, 7) is 0.641. The standard InChI is InChI=1S/C14H16N2OS.ClH/c1-16(13(17)14(15)6-7-14)8-10-9-18-12-5-3-2-4-11(10)12;/h2-5,9H,6-8,15H2,1H3;1H. The Morgan fingerprint density at radius 2 is 2.11 bits per heavy atom. The van der Waals surface area contributed by atoms with Gasteiger partial charge in [0.25, 0.3) is 0 Å². The van der Waals surface area contributed by atoms with E-state index in [0.717, 1.165) is 12.8 Å². The van der Waals surface area contributed by atoms with Crippen LogP contribution in [0.15, 0.2) is 29.6 Å². The molecule has 0 atom stereocenters. The fourth-order valence-electron chi connectivity index (χ4n) is 2.21. The van der Waals surface area contributed by atoms with Crippen molar-refractivity contribution in [2.75, 3.05) is 7.05 Å². The van der Waals surface area contributed by atoms with Crippen molar-refractivity contribution in [1.29, 1.82) is 0 Å². The van der Waals surface area contributed by atoms with Crippen LogP contribution in [0.4, 0.5) is 0 Å². The first-order chi connectivity index (χ1) is 8.60. The Balaban J connectivity index is 0.00000133. The molecule has 5 heteroatoms. The summed E-state index contributed by atoms with van der Waals surface area (Å²) in [6, 6.07) is 8.29. The molecule has 0 saturated heterocycles. The van der Waals surface area contributed by atoms with Crippen molar-refractivity contribution in [3.8, 4) is 0 Å². The molecule has 1 aromatic carbocycles. The van der Waals surface area contributed by atoms with E-state index in [4.69, 9.17) is 5.73 Å². The third-order valence-corrected chi connectivity index (χ3v) is 4.54. The van der Waals surface area contributed by atoms with Crippen molar-refractivity contribution in [1.82, 2.24) is 4.90 Å². The second-order valence-corrected chi connectivity index (χ2v) is 5.99. The number of nitrogens with two attached hydrogens (primary N) is 1. The molecule has 0 radical (unpaired) electrons. The van der Waals surface area contributed by atoms with Crippen LogP contribution < -0.4 is 5.73 Å². The van der Waals surface area contributed by atoms with Crippen molar-refractivity contribution < 1.29 is 4.79 Å². The summed E-state index contributed by atoms with van der Waals surface area (Å²) >= 11 is 1.72. The van der Waals surface area contributed by atoms with Gasteiger partial charge in [0.2, 0.25) is 5.91 Å². The lowest BCUT2D eigenvalue weighted by Gasteiger charge is -2.20. The third-order valence-electron chi connectivity index (χ3n) is 3.53. The predicted molar refractivity (Wildman–Crippen MR) is 81.7 cm³/mol. The van der Waals surface area contributed by atoms with E-state index >= 15 is 0 Å². The lowest BCUT2D eigenvalue weighted by Crippen LogP contribution is -2.43. The van der Waals surface area contributed by atoms with Crippen LogP contribution in [0.25, 0.3) is 10.1 Å². The zero-order chi connectivity index (χ0) is 12.8. The quantitative estimate of drug-likeness (QED) is 0.947. The molecule has 1 amide bonds. The van der Waals surface area contributed by atoms with Gasteiger partial charge in [0, 0.05) is 18.3 Å². The number of hydrogen-bond acceptors (Lipinski definition) is 3. The molecule has 1 aliphatic rings. The van der Waals surface area contributed by atoms with Gasteiger partial charge in [0.15, 0.2) is 0 Å². The molecular formula is C14H17ClN2OS. The topological polar surface area (TPSA) is 46.3 Å². The van der Waals surface area contributed by atoms with Crippen LogP contribution in [-0.4, -0.2) is 23.4 Å². The van der Waals surface area contributed by atoms with E-state index in [1.807, 2.05) is 19.2 Å². The van der Waals surface area contributed by atoms with Gasteiger partial charge >= 0.3 is 0 Å². The van der Waals surface area contributed by atoms with E-state index < -0.39 is 5.54 Å². The largest absolute Gasteiger partial charge is 0.340 e. The molecule has 1 aromatic heterocycles. The highest BCUT2D eigenvalue weighted by Crippen LogP contribution is 2.34. The molecule has 1 fully saturated rings. The van der Waals surface area contributed by atoms with E-state index in [1.165, 1.54) is 15.6 Å². The average molecular weight is 297 g/mol. The molecule has 2 aromatic rings. The van der Waals surface area contributed by atoms with E-state index in [1.54, 1.807) is 16.2 Å². The first kappa shape index (κ1) is 14.3. The first-order valence-corrected chi connectivity index (χ1v) is 6.98. The highest BCUT2D eigenvalue weighted by Gasteiger charge is 2.47. The number of hydrogen-bond donors (Lipinski definition) is 1. The number of nitrogens with zero attached hydrogens (tertiary/aromatic N) is 1. The number of carbonyl (C=O) groups is 1. The average Bonchev–Trinajstić information content (AvgIpc) is 3.00. The van der Waals surface area contributed by atoms with Gasteiger partial charge in [-0.3, -0.25) is 4.79 Å². The molecule has 102 valence electrons. The monoisotopic (exact) mass is 296 g/mol.